The number of hydrogen-bond donors (Lipinski definition) is 0. The third kappa shape index (κ3) is 4.79. The fourth-order valence-electron chi connectivity index (χ4n) is 3.65. The van der Waals surface area contributed by atoms with Crippen molar-refractivity contribution in [2.24, 2.45) is 0 Å². The molecular formula is C24H22ClNO3S. The molecule has 0 radical (unpaired) electrons. The molecule has 0 fully saturated rings. The number of aromatic nitrogens is 1. The molecule has 0 bridgehead atoms. The Bertz CT molecular complexity index is 1080. The molecule has 1 atom stereocenters. The van der Waals surface area contributed by atoms with Crippen molar-refractivity contribution in [2.45, 2.75) is 45.1 Å². The van der Waals surface area contributed by atoms with E-state index in [1.807, 2.05) is 30.3 Å². The van der Waals surface area contributed by atoms with Crippen molar-refractivity contribution in [1.82, 2.24) is 4.98 Å². The third-order valence-electron chi connectivity index (χ3n) is 5.25. The molecule has 4 nitrogen and oxygen atoms in total. The number of carbonyl (C=O) groups excluding carboxylic acids is 2. The summed E-state index contributed by atoms with van der Waals surface area (Å²) >= 11 is 7.95. The van der Waals surface area contributed by atoms with E-state index in [4.69, 9.17) is 16.3 Å². The largest absolute Gasteiger partial charge is 0.488 e. The van der Waals surface area contributed by atoms with Crippen molar-refractivity contribution in [3.05, 3.63) is 69.8 Å². The number of ether oxygens (including phenoxy) is 1. The van der Waals surface area contributed by atoms with Gasteiger partial charge in [0.1, 0.15) is 17.6 Å². The minimum absolute atomic E-state index is 0.0359. The number of aryl methyl sites for hydroxylation is 1. The maximum Gasteiger partial charge on any atom is 0.169 e. The highest BCUT2D eigenvalue weighted by molar-refractivity contribution is 7.17. The summed E-state index contributed by atoms with van der Waals surface area (Å²) in [4.78, 5) is 29.7. The molecule has 1 aliphatic rings. The Morgan fingerprint density at radius 2 is 2.10 bits per heavy atom. The Balaban J connectivity index is 1.35. The van der Waals surface area contributed by atoms with Gasteiger partial charge in [-0.3, -0.25) is 14.6 Å². The van der Waals surface area contributed by atoms with Crippen LogP contribution in [-0.2, 0) is 17.6 Å². The number of pyridine rings is 1. The van der Waals surface area contributed by atoms with Crippen molar-refractivity contribution in [1.29, 1.82) is 0 Å². The second kappa shape index (κ2) is 9.11. The third-order valence-corrected chi connectivity index (χ3v) is 6.77. The zero-order valence-electron chi connectivity index (χ0n) is 16.7. The SMILES string of the molecule is CC(=O)c1ccc(-c2cc(Cl)c3c(c2)CC(CCC(=O)CCc2cccnc2)O3)s1. The Kier molecular flexibility index (Phi) is 6.30. The highest BCUT2D eigenvalue weighted by Gasteiger charge is 2.26. The van der Waals surface area contributed by atoms with Crippen LogP contribution in [0.2, 0.25) is 5.02 Å². The van der Waals surface area contributed by atoms with Gasteiger partial charge in [-0.15, -0.1) is 11.3 Å². The number of halogens is 1. The monoisotopic (exact) mass is 439 g/mol. The van der Waals surface area contributed by atoms with Crippen molar-refractivity contribution >= 4 is 34.5 Å². The predicted octanol–water partition coefficient (Wildman–Crippen LogP) is 5.95. The lowest BCUT2D eigenvalue weighted by atomic mass is 10.0. The Labute approximate surface area is 184 Å². The molecule has 2 aromatic heterocycles. The molecule has 0 amide bonds. The van der Waals surface area contributed by atoms with Gasteiger partial charge in [0.25, 0.3) is 0 Å². The first-order chi connectivity index (χ1) is 14.5. The van der Waals surface area contributed by atoms with E-state index in [1.54, 1.807) is 19.3 Å². The summed E-state index contributed by atoms with van der Waals surface area (Å²) in [6.45, 7) is 1.57. The summed E-state index contributed by atoms with van der Waals surface area (Å²) < 4.78 is 6.04. The molecule has 0 N–H and O–H groups in total. The first kappa shape index (κ1) is 20.8. The summed E-state index contributed by atoms with van der Waals surface area (Å²) in [6, 6.07) is 11.6. The molecule has 154 valence electrons. The van der Waals surface area contributed by atoms with Crippen LogP contribution in [0.5, 0.6) is 5.75 Å². The molecule has 4 rings (SSSR count). The standard InChI is InChI=1S/C24H22ClNO3S/c1-15(27)22-8-9-23(30-22)17-11-18-12-20(29-24(18)21(25)13-17)7-6-19(28)5-4-16-3-2-10-26-14-16/h2-3,8-11,13-14,20H,4-7,12H2,1H3. The minimum Gasteiger partial charge on any atom is -0.488 e. The highest BCUT2D eigenvalue weighted by atomic mass is 35.5. The fourth-order valence-corrected chi connectivity index (χ4v) is 4.82. The maximum atomic E-state index is 12.3. The molecule has 1 unspecified atom stereocenters. The van der Waals surface area contributed by atoms with Crippen LogP contribution in [0.15, 0.2) is 48.8 Å². The molecule has 0 aliphatic carbocycles. The summed E-state index contributed by atoms with van der Waals surface area (Å²) in [5.74, 6) is 1.02. The number of carbonyl (C=O) groups is 2. The number of hydrogen-bond acceptors (Lipinski definition) is 5. The Morgan fingerprint density at radius 1 is 1.23 bits per heavy atom. The van der Waals surface area contributed by atoms with Gasteiger partial charge in [-0.2, -0.15) is 0 Å². The van der Waals surface area contributed by atoms with Crippen molar-refractivity contribution in [2.75, 3.05) is 0 Å². The highest BCUT2D eigenvalue weighted by Crippen LogP contribution is 2.41. The second-order valence-electron chi connectivity index (χ2n) is 7.55. The van der Waals surface area contributed by atoms with Crippen molar-refractivity contribution in [3.63, 3.8) is 0 Å². The van der Waals surface area contributed by atoms with Crippen LogP contribution >= 0.6 is 22.9 Å². The van der Waals surface area contributed by atoms with Crippen molar-refractivity contribution in [3.8, 4) is 16.2 Å². The predicted molar refractivity (Wildman–Crippen MR) is 120 cm³/mol. The molecule has 1 aromatic carbocycles. The number of ketones is 2. The van der Waals surface area contributed by atoms with Gasteiger partial charge in [-0.1, -0.05) is 17.7 Å². The van der Waals surface area contributed by atoms with Gasteiger partial charge in [-0.25, -0.2) is 0 Å². The van der Waals surface area contributed by atoms with Crippen LogP contribution in [0.25, 0.3) is 10.4 Å². The molecule has 0 saturated carbocycles. The second-order valence-corrected chi connectivity index (χ2v) is 9.04. The maximum absolute atomic E-state index is 12.3. The van der Waals surface area contributed by atoms with Gasteiger partial charge in [0.05, 0.1) is 9.90 Å². The number of rotatable bonds is 8. The van der Waals surface area contributed by atoms with Gasteiger partial charge >= 0.3 is 0 Å². The molecule has 0 spiro atoms. The van der Waals surface area contributed by atoms with E-state index in [0.29, 0.717) is 24.3 Å². The van der Waals surface area contributed by atoms with E-state index < -0.39 is 0 Å². The van der Waals surface area contributed by atoms with E-state index in [0.717, 1.165) is 45.0 Å². The normalized spacial score (nSPS) is 14.9. The van der Waals surface area contributed by atoms with Crippen LogP contribution in [0, 0.1) is 0 Å². The Morgan fingerprint density at radius 3 is 2.83 bits per heavy atom. The minimum atomic E-state index is -0.0359. The average Bonchev–Trinajstić information content (AvgIpc) is 3.39. The number of thiophene rings is 1. The number of benzene rings is 1. The zero-order chi connectivity index (χ0) is 21.1. The van der Waals surface area contributed by atoms with Crippen LogP contribution in [-0.4, -0.2) is 22.7 Å². The van der Waals surface area contributed by atoms with Gasteiger partial charge in [0.2, 0.25) is 0 Å². The van der Waals surface area contributed by atoms with E-state index in [1.165, 1.54) is 11.3 Å². The number of nitrogens with zero attached hydrogens (tertiary/aromatic N) is 1. The van der Waals surface area contributed by atoms with Gasteiger partial charge in [0.15, 0.2) is 5.78 Å². The smallest absolute Gasteiger partial charge is 0.169 e. The van der Waals surface area contributed by atoms with Crippen molar-refractivity contribution < 1.29 is 14.3 Å². The fraction of sp³-hybridized carbons (Fsp3) is 0.292. The van der Waals surface area contributed by atoms with E-state index in [2.05, 4.69) is 11.1 Å². The number of fused-ring (bicyclic) bond motifs is 1. The quantitative estimate of drug-likeness (QED) is 0.407. The van der Waals surface area contributed by atoms with Crippen LogP contribution < -0.4 is 4.74 Å². The summed E-state index contributed by atoms with van der Waals surface area (Å²) in [6.07, 6.45) is 6.66. The van der Waals surface area contributed by atoms with E-state index >= 15 is 0 Å². The first-order valence-corrected chi connectivity index (χ1v) is 11.2. The lowest BCUT2D eigenvalue weighted by molar-refractivity contribution is -0.119. The summed E-state index contributed by atoms with van der Waals surface area (Å²) in [5, 5.41) is 0.575. The summed E-state index contributed by atoms with van der Waals surface area (Å²) in [7, 11) is 0. The molecule has 3 heterocycles. The average molecular weight is 440 g/mol. The molecule has 0 saturated heterocycles. The topological polar surface area (TPSA) is 56.3 Å². The molecule has 3 aromatic rings. The van der Waals surface area contributed by atoms with E-state index in [-0.39, 0.29) is 17.7 Å². The van der Waals surface area contributed by atoms with Gasteiger partial charge < -0.3 is 4.74 Å². The van der Waals surface area contributed by atoms with Crippen LogP contribution in [0.3, 0.4) is 0 Å². The molecule has 1 aliphatic heterocycles. The van der Waals surface area contributed by atoms with Crippen LogP contribution in [0.1, 0.15) is 47.0 Å². The van der Waals surface area contributed by atoms with Crippen LogP contribution in [0.4, 0.5) is 0 Å². The first-order valence-electron chi connectivity index (χ1n) is 10.0. The summed E-state index contributed by atoms with van der Waals surface area (Å²) in [5.41, 5.74) is 3.13. The lowest BCUT2D eigenvalue weighted by Crippen LogP contribution is -2.15. The zero-order valence-corrected chi connectivity index (χ0v) is 18.3. The molecule has 6 heteroatoms. The Hall–Kier alpha value is -2.50. The molecule has 30 heavy (non-hydrogen) atoms. The lowest BCUT2D eigenvalue weighted by Gasteiger charge is -2.10. The number of Topliss-reactive ketones (excluding diaryl/α,β-unsaturated/α-hetero) is 2. The van der Waals surface area contributed by atoms with Gasteiger partial charge in [-0.05, 0) is 61.2 Å². The van der Waals surface area contributed by atoms with E-state index in [9.17, 15) is 9.59 Å². The molecular weight excluding hydrogens is 418 g/mol. The van der Waals surface area contributed by atoms with Gasteiger partial charge in [0, 0.05) is 42.1 Å².